The maximum atomic E-state index is 13.4. The first-order chi connectivity index (χ1) is 17.9. The lowest BCUT2D eigenvalue weighted by Gasteiger charge is -2.39. The number of nitrogens with one attached hydrogen (secondary N) is 2. The molecule has 1 aromatic carbocycles. The van der Waals surface area contributed by atoms with Crippen molar-refractivity contribution >= 4 is 28.5 Å². The van der Waals surface area contributed by atoms with Crippen LogP contribution in [0.25, 0.3) is 22.3 Å². The average Bonchev–Trinajstić information content (AvgIpc) is 3.37. The topological polar surface area (TPSA) is 128 Å². The number of carbonyl (C=O) groups excluding carboxylic acids is 3. The van der Waals surface area contributed by atoms with Crippen molar-refractivity contribution in [3.05, 3.63) is 82.4 Å². The molecule has 4 aromatic rings. The molecular weight excluding hydrogens is 474 g/mol. The zero-order chi connectivity index (χ0) is 26.1. The molecule has 0 unspecified atom stereocenters. The van der Waals surface area contributed by atoms with Crippen LogP contribution in [0.4, 0.5) is 0 Å². The number of piperazine rings is 1. The van der Waals surface area contributed by atoms with E-state index in [4.69, 9.17) is 4.74 Å². The lowest BCUT2D eigenvalue weighted by molar-refractivity contribution is -0.130. The number of carbonyl (C=O) groups is 3. The van der Waals surface area contributed by atoms with Gasteiger partial charge in [0.15, 0.2) is 0 Å². The molecule has 1 atom stereocenters. The molecule has 1 aliphatic rings. The Morgan fingerprint density at radius 2 is 1.84 bits per heavy atom. The van der Waals surface area contributed by atoms with Gasteiger partial charge in [0.25, 0.3) is 17.6 Å². The average molecular weight is 500 g/mol. The predicted molar refractivity (Wildman–Crippen MR) is 137 cm³/mol. The van der Waals surface area contributed by atoms with Crippen LogP contribution in [0.1, 0.15) is 27.6 Å². The van der Waals surface area contributed by atoms with Crippen molar-refractivity contribution in [2.24, 2.45) is 0 Å². The van der Waals surface area contributed by atoms with Gasteiger partial charge in [0.1, 0.15) is 11.4 Å². The Kier molecular flexibility index (Phi) is 6.31. The van der Waals surface area contributed by atoms with E-state index in [2.05, 4.69) is 15.0 Å². The highest BCUT2D eigenvalue weighted by molar-refractivity contribution is 6.45. The molecule has 2 amide bonds. The number of amides is 2. The number of benzene rings is 1. The summed E-state index contributed by atoms with van der Waals surface area (Å²) in [4.78, 5) is 64.8. The lowest BCUT2D eigenvalue weighted by Crippen LogP contribution is -2.56. The monoisotopic (exact) mass is 499 g/mol. The summed E-state index contributed by atoms with van der Waals surface area (Å²) >= 11 is 0. The van der Waals surface area contributed by atoms with Gasteiger partial charge in [-0.2, -0.15) is 0 Å². The minimum atomic E-state index is -0.696. The van der Waals surface area contributed by atoms with Gasteiger partial charge in [-0.1, -0.05) is 24.3 Å². The van der Waals surface area contributed by atoms with Gasteiger partial charge < -0.3 is 24.5 Å². The van der Waals surface area contributed by atoms with Crippen LogP contribution in [0, 0.1) is 0 Å². The normalized spacial score (nSPS) is 15.6. The molecule has 1 saturated heterocycles. The highest BCUT2D eigenvalue weighted by atomic mass is 16.5. The summed E-state index contributed by atoms with van der Waals surface area (Å²) in [7, 11) is 1.45. The number of fused-ring (bicyclic) bond motifs is 1. The van der Waals surface area contributed by atoms with E-state index in [-0.39, 0.29) is 29.6 Å². The van der Waals surface area contributed by atoms with Crippen molar-refractivity contribution in [2.45, 2.75) is 13.0 Å². The largest absolute Gasteiger partial charge is 0.494 e. The third kappa shape index (κ3) is 4.37. The van der Waals surface area contributed by atoms with Crippen LogP contribution in [0.3, 0.4) is 0 Å². The first kappa shape index (κ1) is 24.0. The van der Waals surface area contributed by atoms with Crippen molar-refractivity contribution in [1.29, 1.82) is 0 Å². The standard InChI is InChI=1S/C27H25N5O5/c1-16-15-31(26(35)17-7-4-3-5-8-17)11-12-32(16)27(36)25(34)18-13-28-24-22(18)20(37-2)14-29-23(24)19-9-6-10-21(33)30-19/h3-10,13-14,16,28H,11-12,15H2,1-2H3,(H,30,33)/t16-/m1/s1. The minimum absolute atomic E-state index is 0.105. The number of aromatic nitrogens is 3. The smallest absolute Gasteiger partial charge is 0.295 e. The number of H-pyrrole nitrogens is 2. The Balaban J connectivity index is 1.41. The van der Waals surface area contributed by atoms with Crippen molar-refractivity contribution in [2.75, 3.05) is 26.7 Å². The van der Waals surface area contributed by atoms with Gasteiger partial charge in [-0.05, 0) is 25.1 Å². The first-order valence-corrected chi connectivity index (χ1v) is 11.8. The van der Waals surface area contributed by atoms with E-state index in [1.807, 2.05) is 13.0 Å². The van der Waals surface area contributed by atoms with Crippen LogP contribution in [-0.2, 0) is 4.79 Å². The van der Waals surface area contributed by atoms with Gasteiger partial charge in [-0.3, -0.25) is 19.2 Å². The van der Waals surface area contributed by atoms with E-state index < -0.39 is 11.7 Å². The quantitative estimate of drug-likeness (QED) is 0.321. The molecule has 0 aliphatic carbocycles. The fraction of sp³-hybridized carbons (Fsp3) is 0.222. The number of hydrogen-bond donors (Lipinski definition) is 2. The zero-order valence-electron chi connectivity index (χ0n) is 20.4. The Morgan fingerprint density at radius 1 is 1.05 bits per heavy atom. The molecule has 1 aliphatic heterocycles. The van der Waals surface area contributed by atoms with E-state index in [0.717, 1.165) is 0 Å². The summed E-state index contributed by atoms with van der Waals surface area (Å²) in [5.41, 5.74) is 1.78. The molecule has 37 heavy (non-hydrogen) atoms. The Morgan fingerprint density at radius 3 is 2.54 bits per heavy atom. The van der Waals surface area contributed by atoms with E-state index in [9.17, 15) is 19.2 Å². The molecule has 0 bridgehead atoms. The van der Waals surface area contributed by atoms with Crippen molar-refractivity contribution in [3.63, 3.8) is 0 Å². The van der Waals surface area contributed by atoms with Gasteiger partial charge in [0.05, 0.1) is 35.5 Å². The summed E-state index contributed by atoms with van der Waals surface area (Å²) in [6.07, 6.45) is 2.91. The molecule has 188 valence electrons. The van der Waals surface area contributed by atoms with Crippen LogP contribution in [0.15, 0.2) is 65.7 Å². The van der Waals surface area contributed by atoms with E-state index in [0.29, 0.717) is 46.7 Å². The number of Topliss-reactive ketones (excluding diaryl/α,β-unsaturated/α-hetero) is 1. The van der Waals surface area contributed by atoms with E-state index in [1.165, 1.54) is 30.5 Å². The molecule has 10 heteroatoms. The zero-order valence-corrected chi connectivity index (χ0v) is 20.4. The third-order valence-electron chi connectivity index (χ3n) is 6.55. The SMILES string of the molecule is COc1cnc(-c2cccc(=O)[nH]2)c2[nH]cc(C(=O)C(=O)N3CCN(C(=O)c4ccccc4)C[C@H]3C)c12. The highest BCUT2D eigenvalue weighted by Crippen LogP contribution is 2.34. The fourth-order valence-corrected chi connectivity index (χ4v) is 4.70. The molecule has 0 radical (unpaired) electrons. The van der Waals surface area contributed by atoms with Crippen LogP contribution >= 0.6 is 0 Å². The number of ketones is 1. The molecule has 5 rings (SSSR count). The van der Waals surface area contributed by atoms with Crippen molar-refractivity contribution in [3.8, 4) is 17.1 Å². The first-order valence-electron chi connectivity index (χ1n) is 11.8. The molecular formula is C27H25N5O5. The number of pyridine rings is 2. The Bertz CT molecular complexity index is 1560. The van der Waals surface area contributed by atoms with Gasteiger partial charge in [0.2, 0.25) is 5.56 Å². The molecule has 0 spiro atoms. The lowest BCUT2D eigenvalue weighted by atomic mass is 10.0. The molecule has 3 aromatic heterocycles. The third-order valence-corrected chi connectivity index (χ3v) is 6.55. The Hall–Kier alpha value is -4.73. The second kappa shape index (κ2) is 9.73. The maximum absolute atomic E-state index is 13.4. The predicted octanol–water partition coefficient (Wildman–Crippen LogP) is 2.48. The van der Waals surface area contributed by atoms with Crippen LogP contribution in [-0.4, -0.2) is 75.1 Å². The van der Waals surface area contributed by atoms with E-state index >= 15 is 0 Å². The number of aromatic amines is 2. The number of rotatable bonds is 5. The summed E-state index contributed by atoms with van der Waals surface area (Å²) in [5.74, 6) is -1.14. The molecule has 0 saturated carbocycles. The minimum Gasteiger partial charge on any atom is -0.494 e. The van der Waals surface area contributed by atoms with Crippen LogP contribution < -0.4 is 10.3 Å². The van der Waals surface area contributed by atoms with E-state index in [1.54, 1.807) is 41.3 Å². The summed E-state index contributed by atoms with van der Waals surface area (Å²) in [5, 5.41) is 0.404. The number of methoxy groups -OCH3 is 1. The van der Waals surface area contributed by atoms with Gasteiger partial charge in [-0.15, -0.1) is 0 Å². The highest BCUT2D eigenvalue weighted by Gasteiger charge is 2.35. The van der Waals surface area contributed by atoms with Crippen molar-refractivity contribution in [1.82, 2.24) is 24.8 Å². The summed E-state index contributed by atoms with van der Waals surface area (Å²) < 4.78 is 5.44. The maximum Gasteiger partial charge on any atom is 0.295 e. The van der Waals surface area contributed by atoms with Gasteiger partial charge >= 0.3 is 0 Å². The van der Waals surface area contributed by atoms with Crippen molar-refractivity contribution < 1.29 is 19.1 Å². The molecule has 1 fully saturated rings. The number of hydrogen-bond acceptors (Lipinski definition) is 6. The van der Waals surface area contributed by atoms with Crippen LogP contribution in [0.5, 0.6) is 5.75 Å². The second-order valence-corrected chi connectivity index (χ2v) is 8.85. The summed E-state index contributed by atoms with van der Waals surface area (Å²) in [6, 6.07) is 13.3. The molecule has 2 N–H and O–H groups in total. The molecule has 4 heterocycles. The second-order valence-electron chi connectivity index (χ2n) is 8.85. The summed E-state index contributed by atoms with van der Waals surface area (Å²) in [6.45, 7) is 2.70. The molecule has 10 nitrogen and oxygen atoms in total. The van der Waals surface area contributed by atoms with Gasteiger partial charge in [-0.25, -0.2) is 4.98 Å². The van der Waals surface area contributed by atoms with Crippen LogP contribution in [0.2, 0.25) is 0 Å². The number of nitrogens with zero attached hydrogens (tertiary/aromatic N) is 3. The number of ether oxygens (including phenoxy) is 1. The van der Waals surface area contributed by atoms with Gasteiger partial charge in [0, 0.05) is 43.5 Å². The Labute approximate surface area is 211 Å². The fourth-order valence-electron chi connectivity index (χ4n) is 4.70.